The van der Waals surface area contributed by atoms with Gasteiger partial charge in [-0.15, -0.1) is 0 Å². The summed E-state index contributed by atoms with van der Waals surface area (Å²) in [6, 6.07) is -0.0478. The average Bonchev–Trinajstić information content (AvgIpc) is 2.65. The Bertz CT molecular complexity index is 449. The maximum absolute atomic E-state index is 12.3. The number of carbonyl (C=O) groups is 1. The first-order chi connectivity index (χ1) is 13.5. The molecule has 0 aromatic carbocycles. The first-order valence-electron chi connectivity index (χ1n) is 11.0. The van der Waals surface area contributed by atoms with Gasteiger partial charge in [0.25, 0.3) is 0 Å². The Balaban J connectivity index is 1.94. The summed E-state index contributed by atoms with van der Waals surface area (Å²) in [5, 5.41) is 14.1. The second kappa shape index (κ2) is 12.8. The summed E-state index contributed by atoms with van der Waals surface area (Å²) in [4.78, 5) is 14.3. The Kier molecular flexibility index (Phi) is 10.7. The number of esters is 1. The second-order valence-corrected chi connectivity index (χ2v) is 8.39. The third-order valence-electron chi connectivity index (χ3n) is 5.60. The van der Waals surface area contributed by atoms with E-state index in [0.29, 0.717) is 12.8 Å². The number of hydrogen-bond donors (Lipinski definition) is 2. The van der Waals surface area contributed by atoms with Gasteiger partial charge in [-0.05, 0) is 59.8 Å². The molecule has 0 bridgehead atoms. The van der Waals surface area contributed by atoms with E-state index in [9.17, 15) is 9.90 Å². The summed E-state index contributed by atoms with van der Waals surface area (Å²) in [5.74, 6) is -0.227. The molecular formula is C21H40N2O5. The van der Waals surface area contributed by atoms with Crippen LogP contribution < -0.4 is 5.32 Å². The third-order valence-corrected chi connectivity index (χ3v) is 5.60. The summed E-state index contributed by atoms with van der Waals surface area (Å²) in [5.41, 5.74) is 0. The third kappa shape index (κ3) is 8.33. The molecule has 0 radical (unpaired) electrons. The van der Waals surface area contributed by atoms with Crippen LogP contribution in [0.5, 0.6) is 0 Å². The summed E-state index contributed by atoms with van der Waals surface area (Å²) < 4.78 is 17.4. The van der Waals surface area contributed by atoms with Crippen molar-refractivity contribution >= 4 is 5.97 Å². The molecule has 0 aliphatic carbocycles. The molecule has 7 nitrogen and oxygen atoms in total. The van der Waals surface area contributed by atoms with E-state index in [1.165, 1.54) is 25.7 Å². The van der Waals surface area contributed by atoms with Crippen molar-refractivity contribution in [3.05, 3.63) is 0 Å². The fourth-order valence-electron chi connectivity index (χ4n) is 3.91. The van der Waals surface area contributed by atoms with Crippen LogP contribution in [0.3, 0.4) is 0 Å². The van der Waals surface area contributed by atoms with Crippen molar-refractivity contribution in [3.8, 4) is 0 Å². The maximum Gasteiger partial charge on any atom is 0.308 e. The number of carbonyl (C=O) groups excluding carboxylic acids is 1. The maximum atomic E-state index is 12.3. The number of nitrogens with one attached hydrogen (secondary N) is 1. The minimum atomic E-state index is -0.788. The van der Waals surface area contributed by atoms with E-state index >= 15 is 0 Å². The number of likely N-dealkylation sites (N-methyl/N-ethyl adjacent to an activating group) is 1. The van der Waals surface area contributed by atoms with Crippen molar-refractivity contribution in [1.29, 1.82) is 0 Å². The molecule has 0 aromatic heterocycles. The van der Waals surface area contributed by atoms with Gasteiger partial charge in [0.15, 0.2) is 6.29 Å². The highest BCUT2D eigenvalue weighted by Crippen LogP contribution is 2.26. The molecule has 0 aromatic rings. The van der Waals surface area contributed by atoms with Gasteiger partial charge < -0.3 is 29.5 Å². The van der Waals surface area contributed by atoms with Crippen LogP contribution >= 0.6 is 0 Å². The van der Waals surface area contributed by atoms with Crippen LogP contribution in [0, 0.1) is 0 Å². The molecule has 0 amide bonds. The predicted octanol–water partition coefficient (Wildman–Crippen LogP) is 2.41. The molecule has 2 aliphatic heterocycles. The van der Waals surface area contributed by atoms with Crippen LogP contribution in [0.4, 0.5) is 0 Å². The average molecular weight is 401 g/mol. The zero-order valence-electron chi connectivity index (χ0n) is 17.9. The van der Waals surface area contributed by atoms with Gasteiger partial charge in [-0.25, -0.2) is 0 Å². The Morgan fingerprint density at radius 2 is 1.75 bits per heavy atom. The van der Waals surface area contributed by atoms with E-state index in [4.69, 9.17) is 14.2 Å². The van der Waals surface area contributed by atoms with Crippen molar-refractivity contribution < 1.29 is 24.1 Å². The summed E-state index contributed by atoms with van der Waals surface area (Å²) in [6.07, 6.45) is 7.05. The van der Waals surface area contributed by atoms with E-state index in [1.807, 2.05) is 25.9 Å². The molecule has 7 heteroatoms. The summed E-state index contributed by atoms with van der Waals surface area (Å²) >= 11 is 0. The fraction of sp³-hybridized carbons (Fsp3) is 0.952. The quantitative estimate of drug-likeness (QED) is 0.704. The highest BCUT2D eigenvalue weighted by atomic mass is 16.8. The number of ether oxygens (including phenoxy) is 3. The van der Waals surface area contributed by atoms with Gasteiger partial charge in [-0.2, -0.15) is 0 Å². The van der Waals surface area contributed by atoms with E-state index in [1.54, 1.807) is 0 Å². The second-order valence-electron chi connectivity index (χ2n) is 8.39. The first-order valence-corrected chi connectivity index (χ1v) is 11.0. The minimum absolute atomic E-state index is 0.0274. The Morgan fingerprint density at radius 3 is 2.50 bits per heavy atom. The van der Waals surface area contributed by atoms with E-state index in [-0.39, 0.29) is 18.1 Å². The number of nitrogens with zero attached hydrogens (tertiary/aromatic N) is 1. The van der Waals surface area contributed by atoms with Crippen molar-refractivity contribution in [2.75, 3.05) is 27.2 Å². The fourth-order valence-corrected chi connectivity index (χ4v) is 3.91. The molecule has 164 valence electrons. The van der Waals surface area contributed by atoms with Gasteiger partial charge in [-0.3, -0.25) is 4.79 Å². The van der Waals surface area contributed by atoms with E-state index in [2.05, 4.69) is 5.32 Å². The molecule has 2 N–H and O–H groups in total. The van der Waals surface area contributed by atoms with Gasteiger partial charge in [0.05, 0.1) is 6.10 Å². The van der Waals surface area contributed by atoms with Crippen LogP contribution in [0.25, 0.3) is 0 Å². The number of hydrogen-bond acceptors (Lipinski definition) is 7. The van der Waals surface area contributed by atoms with Crippen LogP contribution in [0.2, 0.25) is 0 Å². The topological polar surface area (TPSA) is 80.3 Å². The molecule has 2 aliphatic rings. The Morgan fingerprint density at radius 1 is 1.07 bits per heavy atom. The molecule has 2 saturated heterocycles. The largest absolute Gasteiger partial charge is 0.436 e. The van der Waals surface area contributed by atoms with Crippen LogP contribution in [0.15, 0.2) is 0 Å². The lowest BCUT2D eigenvalue weighted by atomic mass is 9.99. The molecule has 1 unspecified atom stereocenters. The molecule has 2 heterocycles. The van der Waals surface area contributed by atoms with Gasteiger partial charge in [0.2, 0.25) is 6.29 Å². The van der Waals surface area contributed by atoms with Gasteiger partial charge in [-0.1, -0.05) is 25.7 Å². The molecule has 0 saturated carbocycles. The summed E-state index contributed by atoms with van der Waals surface area (Å²) in [7, 11) is 3.89. The van der Waals surface area contributed by atoms with Crippen LogP contribution in [0.1, 0.15) is 71.1 Å². The molecule has 2 fully saturated rings. The zero-order valence-corrected chi connectivity index (χ0v) is 17.9. The SMILES string of the molecule is C[C@@H]1C[C@H](N(C)C)[C@@H](O)[C@H](OC2CCCNCCCCCCCCC(=O)O2)O1. The minimum Gasteiger partial charge on any atom is -0.436 e. The van der Waals surface area contributed by atoms with Crippen molar-refractivity contribution in [2.45, 2.75) is 102 Å². The lowest BCUT2D eigenvalue weighted by Crippen LogP contribution is -2.55. The van der Waals surface area contributed by atoms with Crippen LogP contribution in [-0.2, 0) is 19.0 Å². The predicted molar refractivity (Wildman–Crippen MR) is 108 cm³/mol. The van der Waals surface area contributed by atoms with Crippen molar-refractivity contribution in [2.24, 2.45) is 0 Å². The summed E-state index contributed by atoms with van der Waals surface area (Å²) in [6.45, 7) is 3.87. The lowest BCUT2D eigenvalue weighted by Gasteiger charge is -2.41. The normalized spacial score (nSPS) is 35.0. The van der Waals surface area contributed by atoms with E-state index in [0.717, 1.165) is 38.8 Å². The monoisotopic (exact) mass is 400 g/mol. The zero-order chi connectivity index (χ0) is 20.4. The number of aliphatic hydroxyl groups excluding tert-OH is 1. The number of cyclic esters (lactones) is 1. The smallest absolute Gasteiger partial charge is 0.308 e. The molecule has 2 rings (SSSR count). The molecule has 0 spiro atoms. The molecular weight excluding hydrogens is 360 g/mol. The Labute approximate surface area is 170 Å². The lowest BCUT2D eigenvalue weighted by molar-refractivity contribution is -0.302. The van der Waals surface area contributed by atoms with Crippen molar-refractivity contribution in [3.63, 3.8) is 0 Å². The van der Waals surface area contributed by atoms with Crippen molar-refractivity contribution in [1.82, 2.24) is 10.2 Å². The Hall–Kier alpha value is -0.730. The van der Waals surface area contributed by atoms with Gasteiger partial charge >= 0.3 is 5.97 Å². The first kappa shape index (κ1) is 23.5. The highest BCUT2D eigenvalue weighted by Gasteiger charge is 2.39. The number of aliphatic hydroxyl groups is 1. The van der Waals surface area contributed by atoms with Crippen LogP contribution in [-0.4, -0.2) is 74.0 Å². The molecule has 28 heavy (non-hydrogen) atoms. The van der Waals surface area contributed by atoms with Gasteiger partial charge in [0.1, 0.15) is 6.10 Å². The van der Waals surface area contributed by atoms with Gasteiger partial charge in [0, 0.05) is 18.9 Å². The van der Waals surface area contributed by atoms with E-state index < -0.39 is 18.7 Å². The molecule has 5 atom stereocenters. The number of rotatable bonds is 3. The standard InChI is InChI=1S/C21H40N2O5/c1-16-15-17(23(2)3)20(25)21(26-16)28-19-12-10-14-22-13-9-7-5-4-6-8-11-18(24)27-19/h16-17,19-22,25H,4-15H2,1-3H3/t16-,17+,19?,20-,21+/m1/s1. The highest BCUT2D eigenvalue weighted by molar-refractivity contribution is 5.69.